The van der Waals surface area contributed by atoms with Crippen LogP contribution in [-0.2, 0) is 15.6 Å². The van der Waals surface area contributed by atoms with Crippen LogP contribution in [0.4, 0.5) is 0 Å². The molecule has 0 bridgehead atoms. The molecular weight excluding hydrogens is 451 g/mol. The fourth-order valence-corrected chi connectivity index (χ4v) is 3.53. The number of aromatic nitrogens is 4. The molecular formula is C17H21N4O10P. The molecule has 32 heavy (non-hydrogen) atoms. The van der Waals surface area contributed by atoms with Gasteiger partial charge < -0.3 is 29.7 Å². The minimum absolute atomic E-state index is 0.120. The lowest BCUT2D eigenvalue weighted by molar-refractivity contribution is -0.0792. The van der Waals surface area contributed by atoms with E-state index in [1.165, 1.54) is 4.57 Å². The van der Waals surface area contributed by atoms with Crippen LogP contribution >= 0.6 is 7.82 Å². The average molecular weight is 472 g/mol. The van der Waals surface area contributed by atoms with Crippen molar-refractivity contribution in [1.29, 1.82) is 0 Å². The molecule has 0 aromatic carbocycles. The van der Waals surface area contributed by atoms with Crippen molar-refractivity contribution in [1.82, 2.24) is 19.5 Å². The third-order valence-corrected chi connectivity index (χ3v) is 5.48. The van der Waals surface area contributed by atoms with Gasteiger partial charge in [-0.05, 0) is 25.5 Å². The Labute approximate surface area is 178 Å². The van der Waals surface area contributed by atoms with Crippen molar-refractivity contribution in [3.05, 3.63) is 48.3 Å². The van der Waals surface area contributed by atoms with Gasteiger partial charge in [0.2, 0.25) is 5.43 Å². The highest BCUT2D eigenvalue weighted by Gasteiger charge is 2.30. The fraction of sp³-hybridized carbons (Fsp3) is 0.412. The van der Waals surface area contributed by atoms with Gasteiger partial charge >= 0.3 is 13.5 Å². The second-order valence-corrected chi connectivity index (χ2v) is 8.49. The zero-order chi connectivity index (χ0) is 24.0. The van der Waals surface area contributed by atoms with Gasteiger partial charge in [0.15, 0.2) is 5.52 Å². The second kappa shape index (κ2) is 8.67. The first-order chi connectivity index (χ1) is 14.8. The number of aryl methyl sites for hydroxylation is 1. The number of fused-ring (bicyclic) bond motifs is 2. The highest BCUT2D eigenvalue weighted by atomic mass is 31.2. The number of aliphatic hydroxyl groups is 3. The van der Waals surface area contributed by atoms with Gasteiger partial charge in [-0.1, -0.05) is 0 Å². The summed E-state index contributed by atoms with van der Waals surface area (Å²) < 4.78 is 16.1. The van der Waals surface area contributed by atoms with E-state index in [0.29, 0.717) is 11.1 Å². The molecule has 0 saturated heterocycles. The number of aromatic amines is 2. The van der Waals surface area contributed by atoms with Crippen molar-refractivity contribution in [3.8, 4) is 11.4 Å². The van der Waals surface area contributed by atoms with Gasteiger partial charge in [-0.3, -0.25) is 24.1 Å². The van der Waals surface area contributed by atoms with E-state index >= 15 is 0 Å². The number of phosphoric ester groups is 1. The molecule has 2 aliphatic rings. The third-order valence-electron chi connectivity index (χ3n) is 5.00. The molecule has 1 aliphatic carbocycles. The van der Waals surface area contributed by atoms with E-state index < -0.39 is 56.0 Å². The molecule has 3 atom stereocenters. The number of rotatable bonds is 7. The van der Waals surface area contributed by atoms with Crippen molar-refractivity contribution in [2.24, 2.45) is 0 Å². The standard InChI is InChI=1S/C17H21N4O10P/c1-6-3-8-11(13(24)7(6)2)18-12-15(19-17(27)20-16(12)26)21(8)4-9(22)14(25)10(23)5-31-32(28,29)30/h3,9-10,14,22-23,25H,4-5H2,1-2H3,(H2,28,29,30)(H2,19,20,26,27)/t9-,10+,14-/m0/s1. The Hall–Kier alpha value is -2.71. The van der Waals surface area contributed by atoms with Crippen LogP contribution in [0, 0.1) is 13.8 Å². The minimum atomic E-state index is -4.93. The maximum absolute atomic E-state index is 12.7. The zero-order valence-corrected chi connectivity index (χ0v) is 17.7. The molecule has 1 aliphatic heterocycles. The fourth-order valence-electron chi connectivity index (χ4n) is 3.18. The lowest BCUT2D eigenvalue weighted by atomic mass is 10.0. The summed E-state index contributed by atoms with van der Waals surface area (Å²) in [4.78, 5) is 62.7. The van der Waals surface area contributed by atoms with E-state index in [0.717, 1.165) is 0 Å². The number of hydrogen-bond donors (Lipinski definition) is 7. The first-order valence-electron chi connectivity index (χ1n) is 9.21. The number of aliphatic hydroxyl groups excluding tert-OH is 3. The van der Waals surface area contributed by atoms with Crippen LogP contribution in [0.3, 0.4) is 0 Å². The lowest BCUT2D eigenvalue weighted by Crippen LogP contribution is -2.42. The van der Waals surface area contributed by atoms with Crippen molar-refractivity contribution in [2.45, 2.75) is 38.7 Å². The van der Waals surface area contributed by atoms with E-state index in [2.05, 4.69) is 14.5 Å². The normalized spacial score (nSPS) is 15.2. The molecule has 0 spiro atoms. The van der Waals surface area contributed by atoms with Crippen molar-refractivity contribution in [2.75, 3.05) is 6.61 Å². The Balaban J connectivity index is 2.13. The maximum Gasteiger partial charge on any atom is 0.469 e. The van der Waals surface area contributed by atoms with Crippen LogP contribution in [0.1, 0.15) is 11.1 Å². The molecule has 15 heteroatoms. The molecule has 1 aromatic heterocycles. The van der Waals surface area contributed by atoms with Gasteiger partial charge in [0.25, 0.3) is 5.56 Å². The van der Waals surface area contributed by atoms with Crippen LogP contribution in [0.2, 0.25) is 0 Å². The molecule has 0 amide bonds. The van der Waals surface area contributed by atoms with Gasteiger partial charge in [0, 0.05) is 5.56 Å². The number of phosphoric acid groups is 1. The smallest absolute Gasteiger partial charge is 0.388 e. The topological polar surface area (TPSA) is 228 Å². The van der Waals surface area contributed by atoms with Crippen LogP contribution in [0.15, 0.2) is 20.4 Å². The molecule has 0 radical (unpaired) electrons. The van der Waals surface area contributed by atoms with Crippen molar-refractivity contribution in [3.63, 3.8) is 0 Å². The highest BCUT2D eigenvalue weighted by Crippen LogP contribution is 2.36. The molecule has 174 valence electrons. The maximum atomic E-state index is 12.7. The number of H-pyrrole nitrogens is 2. The summed E-state index contributed by atoms with van der Waals surface area (Å²) in [6.07, 6.45) is -5.61. The Morgan fingerprint density at radius 1 is 1.12 bits per heavy atom. The first-order valence-corrected chi connectivity index (χ1v) is 10.7. The largest absolute Gasteiger partial charge is 0.469 e. The summed E-state index contributed by atoms with van der Waals surface area (Å²) in [7, 11) is -4.93. The summed E-state index contributed by atoms with van der Waals surface area (Å²) in [5.74, 6) is 0. The van der Waals surface area contributed by atoms with Gasteiger partial charge in [-0.2, -0.15) is 0 Å². The van der Waals surface area contributed by atoms with Crippen molar-refractivity contribution < 1.29 is 34.2 Å². The number of nitrogens with one attached hydrogen (secondary N) is 2. The van der Waals surface area contributed by atoms with E-state index in [1.54, 1.807) is 19.9 Å². The van der Waals surface area contributed by atoms with Crippen LogP contribution in [-0.4, -0.2) is 69.5 Å². The number of benzene rings is 1. The zero-order valence-electron chi connectivity index (χ0n) is 16.8. The summed E-state index contributed by atoms with van der Waals surface area (Å²) in [6.45, 7) is 1.70. The Kier molecular flexibility index (Phi) is 6.49. The highest BCUT2D eigenvalue weighted by molar-refractivity contribution is 7.46. The van der Waals surface area contributed by atoms with Gasteiger partial charge in [-0.15, -0.1) is 0 Å². The first kappa shape index (κ1) is 23.9. The van der Waals surface area contributed by atoms with E-state index in [4.69, 9.17) is 9.79 Å². The molecule has 0 fully saturated rings. The predicted molar refractivity (Wildman–Crippen MR) is 109 cm³/mol. The quantitative estimate of drug-likeness (QED) is 0.143. The monoisotopic (exact) mass is 472 g/mol. The molecule has 0 saturated carbocycles. The van der Waals surface area contributed by atoms with Gasteiger partial charge in [-0.25, -0.2) is 14.3 Å². The SMILES string of the molecule is Cc1cc2n(C[C@H](O)[C@H](O)[C@H](O)COP(=O)(O)O)c3[nH]c(=O)[nH]c(=O)c3nc-2c(=O)c1C. The summed E-state index contributed by atoms with van der Waals surface area (Å²) in [5.41, 5.74) is -1.74. The molecule has 2 heterocycles. The van der Waals surface area contributed by atoms with E-state index in [9.17, 15) is 34.3 Å². The second-order valence-electron chi connectivity index (χ2n) is 7.25. The summed E-state index contributed by atoms with van der Waals surface area (Å²) in [5, 5.41) is 30.6. The van der Waals surface area contributed by atoms with E-state index in [1.807, 2.05) is 4.98 Å². The van der Waals surface area contributed by atoms with Gasteiger partial charge in [0.05, 0.1) is 18.8 Å². The molecule has 7 N–H and O–H groups in total. The predicted octanol–water partition coefficient (Wildman–Crippen LogP) is -2.31. The Morgan fingerprint density at radius 2 is 1.78 bits per heavy atom. The Bertz CT molecular complexity index is 1360. The summed E-state index contributed by atoms with van der Waals surface area (Å²) in [6, 6.07) is 1.55. The lowest BCUT2D eigenvalue weighted by Gasteiger charge is -2.26. The van der Waals surface area contributed by atoms with Crippen LogP contribution in [0.5, 0.6) is 0 Å². The summed E-state index contributed by atoms with van der Waals surface area (Å²) >= 11 is 0. The third kappa shape index (κ3) is 4.71. The van der Waals surface area contributed by atoms with Crippen LogP contribution < -0.4 is 16.7 Å². The minimum Gasteiger partial charge on any atom is -0.388 e. The van der Waals surface area contributed by atoms with Crippen molar-refractivity contribution >= 4 is 19.0 Å². The van der Waals surface area contributed by atoms with Gasteiger partial charge in [0.1, 0.15) is 29.7 Å². The molecule has 14 nitrogen and oxygen atoms in total. The molecule has 1 aromatic rings. The molecule has 3 rings (SSSR count). The number of hydrogen-bond acceptors (Lipinski definition) is 9. The average Bonchev–Trinajstić information content (AvgIpc) is 2.70. The molecule has 0 unspecified atom stereocenters. The van der Waals surface area contributed by atoms with Crippen LogP contribution in [0.25, 0.3) is 22.6 Å². The Morgan fingerprint density at radius 3 is 2.41 bits per heavy atom. The number of nitrogens with zero attached hydrogens (tertiary/aromatic N) is 2. The van der Waals surface area contributed by atoms with E-state index in [-0.39, 0.29) is 22.6 Å².